The second-order valence-corrected chi connectivity index (χ2v) is 5.01. The first-order valence-electron chi connectivity index (χ1n) is 6.74. The molecule has 0 radical (unpaired) electrons. The Hall–Kier alpha value is -2.09. The first kappa shape index (κ1) is 12.0. The molecule has 2 nitrogen and oxygen atoms in total. The van der Waals surface area contributed by atoms with Crippen LogP contribution in [-0.2, 0) is 4.79 Å². The molecule has 1 N–H and O–H groups in total. The summed E-state index contributed by atoms with van der Waals surface area (Å²) in [5.41, 5.74) is 2.53. The van der Waals surface area contributed by atoms with E-state index in [0.717, 1.165) is 6.42 Å². The van der Waals surface area contributed by atoms with Gasteiger partial charge in [-0.1, -0.05) is 60.7 Å². The summed E-state index contributed by atoms with van der Waals surface area (Å²) in [7, 11) is 0. The van der Waals surface area contributed by atoms with Gasteiger partial charge in [-0.15, -0.1) is 0 Å². The zero-order valence-corrected chi connectivity index (χ0v) is 10.8. The average Bonchev–Trinajstić information content (AvgIpc) is 2.88. The Balaban J connectivity index is 1.99. The summed E-state index contributed by atoms with van der Waals surface area (Å²) < 4.78 is 0. The lowest BCUT2D eigenvalue weighted by Crippen LogP contribution is -2.32. The zero-order chi connectivity index (χ0) is 13.1. The number of amides is 1. The molecule has 0 aromatic heterocycles. The topological polar surface area (TPSA) is 29.1 Å². The number of hydrogen-bond acceptors (Lipinski definition) is 1. The van der Waals surface area contributed by atoms with Gasteiger partial charge in [0.2, 0.25) is 5.91 Å². The second kappa shape index (κ2) is 5.27. The number of hydrogen-bond donors (Lipinski definition) is 1. The van der Waals surface area contributed by atoms with Crippen molar-refractivity contribution in [3.8, 4) is 0 Å². The SMILES string of the molecule is O=C1CC[C@@H](C(c2ccccc2)c2ccccc2)N1. The van der Waals surface area contributed by atoms with Gasteiger partial charge in [0, 0.05) is 18.4 Å². The number of rotatable bonds is 3. The fourth-order valence-electron chi connectivity index (χ4n) is 2.87. The van der Waals surface area contributed by atoms with Gasteiger partial charge < -0.3 is 5.32 Å². The zero-order valence-electron chi connectivity index (χ0n) is 10.8. The second-order valence-electron chi connectivity index (χ2n) is 5.01. The lowest BCUT2D eigenvalue weighted by molar-refractivity contribution is -0.119. The smallest absolute Gasteiger partial charge is 0.220 e. The van der Waals surface area contributed by atoms with Crippen LogP contribution in [0.15, 0.2) is 60.7 Å². The highest BCUT2D eigenvalue weighted by molar-refractivity contribution is 5.78. The predicted molar refractivity (Wildman–Crippen MR) is 75.9 cm³/mol. The van der Waals surface area contributed by atoms with E-state index in [1.165, 1.54) is 11.1 Å². The molecule has 2 aromatic carbocycles. The maximum Gasteiger partial charge on any atom is 0.220 e. The highest BCUT2D eigenvalue weighted by Crippen LogP contribution is 2.32. The number of benzene rings is 2. The van der Waals surface area contributed by atoms with Crippen molar-refractivity contribution in [3.63, 3.8) is 0 Å². The fraction of sp³-hybridized carbons (Fsp3) is 0.235. The van der Waals surface area contributed by atoms with E-state index in [-0.39, 0.29) is 17.9 Å². The van der Waals surface area contributed by atoms with Crippen molar-refractivity contribution in [1.29, 1.82) is 0 Å². The van der Waals surface area contributed by atoms with Gasteiger partial charge >= 0.3 is 0 Å². The Labute approximate surface area is 113 Å². The molecule has 1 aliphatic heterocycles. The van der Waals surface area contributed by atoms with Crippen molar-refractivity contribution < 1.29 is 4.79 Å². The van der Waals surface area contributed by atoms with Gasteiger partial charge in [0.25, 0.3) is 0 Å². The summed E-state index contributed by atoms with van der Waals surface area (Å²) >= 11 is 0. The van der Waals surface area contributed by atoms with Crippen molar-refractivity contribution in [1.82, 2.24) is 5.32 Å². The van der Waals surface area contributed by atoms with E-state index in [1.54, 1.807) is 0 Å². The summed E-state index contributed by atoms with van der Waals surface area (Å²) in [6, 6.07) is 21.1. The maximum absolute atomic E-state index is 11.5. The molecule has 96 valence electrons. The summed E-state index contributed by atoms with van der Waals surface area (Å²) in [6.45, 7) is 0. The molecule has 1 heterocycles. The Morgan fingerprint density at radius 2 is 1.42 bits per heavy atom. The van der Waals surface area contributed by atoms with Crippen LogP contribution in [-0.4, -0.2) is 11.9 Å². The highest BCUT2D eigenvalue weighted by atomic mass is 16.1. The molecule has 0 spiro atoms. The van der Waals surface area contributed by atoms with Gasteiger partial charge in [-0.2, -0.15) is 0 Å². The normalized spacial score (nSPS) is 18.6. The molecule has 3 rings (SSSR count). The molecule has 1 fully saturated rings. The van der Waals surface area contributed by atoms with Crippen LogP contribution in [0.1, 0.15) is 29.9 Å². The standard InChI is InChI=1S/C17H17NO/c19-16-12-11-15(18-16)17(13-7-3-1-4-8-13)14-9-5-2-6-10-14/h1-10,15,17H,11-12H2,(H,18,19)/t15-/m0/s1. The lowest BCUT2D eigenvalue weighted by atomic mass is 9.84. The van der Waals surface area contributed by atoms with Gasteiger partial charge in [-0.05, 0) is 17.5 Å². The molecule has 0 aliphatic carbocycles. The summed E-state index contributed by atoms with van der Waals surface area (Å²) in [6.07, 6.45) is 1.55. The van der Waals surface area contributed by atoms with E-state index in [4.69, 9.17) is 0 Å². The van der Waals surface area contributed by atoms with Crippen LogP contribution in [0, 0.1) is 0 Å². The summed E-state index contributed by atoms with van der Waals surface area (Å²) in [5, 5.41) is 3.11. The Kier molecular flexibility index (Phi) is 3.32. The number of carbonyl (C=O) groups excluding carboxylic acids is 1. The molecule has 1 amide bonds. The molecule has 2 aromatic rings. The van der Waals surface area contributed by atoms with E-state index in [1.807, 2.05) is 12.1 Å². The molecule has 1 saturated heterocycles. The molecule has 19 heavy (non-hydrogen) atoms. The molecule has 1 aliphatic rings. The van der Waals surface area contributed by atoms with Crippen LogP contribution in [0.2, 0.25) is 0 Å². The van der Waals surface area contributed by atoms with E-state index in [9.17, 15) is 4.79 Å². The third kappa shape index (κ3) is 2.53. The minimum atomic E-state index is 0.168. The lowest BCUT2D eigenvalue weighted by Gasteiger charge is -2.24. The van der Waals surface area contributed by atoms with Crippen molar-refractivity contribution in [2.24, 2.45) is 0 Å². The maximum atomic E-state index is 11.5. The van der Waals surface area contributed by atoms with E-state index in [2.05, 4.69) is 53.8 Å². The van der Waals surface area contributed by atoms with Crippen LogP contribution in [0.4, 0.5) is 0 Å². The van der Waals surface area contributed by atoms with Gasteiger partial charge in [0.15, 0.2) is 0 Å². The van der Waals surface area contributed by atoms with Gasteiger partial charge in [0.1, 0.15) is 0 Å². The molecule has 0 bridgehead atoms. The average molecular weight is 251 g/mol. The first-order chi connectivity index (χ1) is 9.34. The van der Waals surface area contributed by atoms with Crippen molar-refractivity contribution in [3.05, 3.63) is 71.8 Å². The van der Waals surface area contributed by atoms with Crippen molar-refractivity contribution in [2.45, 2.75) is 24.8 Å². The van der Waals surface area contributed by atoms with Gasteiger partial charge in [-0.25, -0.2) is 0 Å². The van der Waals surface area contributed by atoms with Crippen LogP contribution < -0.4 is 5.32 Å². The summed E-state index contributed by atoms with van der Waals surface area (Å²) in [5.74, 6) is 0.413. The van der Waals surface area contributed by atoms with E-state index >= 15 is 0 Å². The number of carbonyl (C=O) groups is 1. The monoisotopic (exact) mass is 251 g/mol. The van der Waals surface area contributed by atoms with Crippen LogP contribution in [0.25, 0.3) is 0 Å². The predicted octanol–water partition coefficient (Wildman–Crippen LogP) is 3.10. The quantitative estimate of drug-likeness (QED) is 0.892. The fourth-order valence-corrected chi connectivity index (χ4v) is 2.87. The van der Waals surface area contributed by atoms with Crippen LogP contribution >= 0.6 is 0 Å². The Bertz CT molecular complexity index is 510. The first-order valence-corrected chi connectivity index (χ1v) is 6.74. The molecule has 1 atom stereocenters. The van der Waals surface area contributed by atoms with E-state index in [0.29, 0.717) is 6.42 Å². The Morgan fingerprint density at radius 1 is 0.895 bits per heavy atom. The van der Waals surface area contributed by atoms with Gasteiger partial charge in [0.05, 0.1) is 0 Å². The molecule has 2 heteroatoms. The Morgan fingerprint density at radius 3 is 1.84 bits per heavy atom. The molecular weight excluding hydrogens is 234 g/mol. The third-order valence-electron chi connectivity index (χ3n) is 3.75. The minimum Gasteiger partial charge on any atom is -0.352 e. The van der Waals surface area contributed by atoms with Gasteiger partial charge in [-0.3, -0.25) is 4.79 Å². The molecule has 0 unspecified atom stereocenters. The highest BCUT2D eigenvalue weighted by Gasteiger charge is 2.30. The number of nitrogens with one attached hydrogen (secondary N) is 1. The summed E-state index contributed by atoms with van der Waals surface area (Å²) in [4.78, 5) is 11.5. The van der Waals surface area contributed by atoms with Crippen molar-refractivity contribution >= 4 is 5.91 Å². The minimum absolute atomic E-state index is 0.168. The van der Waals surface area contributed by atoms with E-state index < -0.39 is 0 Å². The molecular formula is C17H17NO. The van der Waals surface area contributed by atoms with Crippen LogP contribution in [0.5, 0.6) is 0 Å². The molecule has 0 saturated carbocycles. The third-order valence-corrected chi connectivity index (χ3v) is 3.75. The largest absolute Gasteiger partial charge is 0.352 e. The van der Waals surface area contributed by atoms with Crippen LogP contribution in [0.3, 0.4) is 0 Å². The van der Waals surface area contributed by atoms with Crippen molar-refractivity contribution in [2.75, 3.05) is 0 Å².